The highest BCUT2D eigenvalue weighted by Gasteiger charge is 2.09. The van der Waals surface area contributed by atoms with Crippen LogP contribution in [0.1, 0.15) is 5.69 Å². The van der Waals surface area contributed by atoms with Crippen LogP contribution < -0.4 is 5.32 Å². The lowest BCUT2D eigenvalue weighted by Crippen LogP contribution is -2.12. The summed E-state index contributed by atoms with van der Waals surface area (Å²) in [7, 11) is 0. The lowest BCUT2D eigenvalue weighted by molar-refractivity contribution is -0.127. The van der Waals surface area contributed by atoms with Gasteiger partial charge in [0.05, 0.1) is 5.69 Å². The average Bonchev–Trinajstić information content (AvgIpc) is 2.55. The van der Waals surface area contributed by atoms with Crippen LogP contribution in [-0.4, -0.2) is 17.2 Å². The molecule has 2 N–H and O–H groups in total. The molecule has 4 nitrogen and oxygen atoms in total. The Morgan fingerprint density at radius 3 is 2.87 bits per heavy atom. The maximum atomic E-state index is 11.0. The van der Waals surface area contributed by atoms with Crippen molar-refractivity contribution in [1.29, 1.82) is 0 Å². The molecule has 0 spiro atoms. The first-order valence-corrected chi connectivity index (χ1v) is 4.56. The van der Waals surface area contributed by atoms with Gasteiger partial charge in [-0.3, -0.25) is 9.59 Å². The Bertz CT molecular complexity index is 528. The van der Waals surface area contributed by atoms with Crippen LogP contribution in [0.4, 0.5) is 5.69 Å². The Balaban J connectivity index is 2.54. The van der Waals surface area contributed by atoms with Crippen molar-refractivity contribution in [2.24, 2.45) is 0 Å². The van der Waals surface area contributed by atoms with E-state index in [1.807, 2.05) is 31.2 Å². The molecule has 2 aromatic rings. The SMILES string of the molecule is Cc1[nH]c2ccccc2c1NC(=O)C=O. The molecule has 0 fully saturated rings. The molecule has 0 radical (unpaired) electrons. The molecule has 1 amide bonds. The van der Waals surface area contributed by atoms with E-state index in [0.29, 0.717) is 5.69 Å². The van der Waals surface area contributed by atoms with Crippen molar-refractivity contribution in [1.82, 2.24) is 4.98 Å². The highest BCUT2D eigenvalue weighted by Crippen LogP contribution is 2.26. The largest absolute Gasteiger partial charge is 0.357 e. The summed E-state index contributed by atoms with van der Waals surface area (Å²) in [4.78, 5) is 24.4. The number of amides is 1. The van der Waals surface area contributed by atoms with E-state index in [9.17, 15) is 9.59 Å². The highest BCUT2D eigenvalue weighted by atomic mass is 16.2. The van der Waals surface area contributed by atoms with Gasteiger partial charge in [-0.05, 0) is 13.0 Å². The smallest absolute Gasteiger partial charge is 0.288 e. The minimum Gasteiger partial charge on any atom is -0.357 e. The third-order valence-corrected chi connectivity index (χ3v) is 2.25. The van der Waals surface area contributed by atoms with Crippen molar-refractivity contribution in [3.05, 3.63) is 30.0 Å². The number of rotatable bonds is 2. The number of aryl methyl sites for hydroxylation is 1. The van der Waals surface area contributed by atoms with E-state index >= 15 is 0 Å². The van der Waals surface area contributed by atoms with Crippen LogP contribution in [0.3, 0.4) is 0 Å². The van der Waals surface area contributed by atoms with Crippen LogP contribution in [-0.2, 0) is 9.59 Å². The van der Waals surface area contributed by atoms with E-state index in [4.69, 9.17) is 0 Å². The molecule has 4 heteroatoms. The summed E-state index contributed by atoms with van der Waals surface area (Å²) >= 11 is 0. The second-order valence-electron chi connectivity index (χ2n) is 3.28. The van der Waals surface area contributed by atoms with E-state index in [2.05, 4.69) is 10.3 Å². The van der Waals surface area contributed by atoms with Crippen LogP contribution in [0.25, 0.3) is 10.9 Å². The van der Waals surface area contributed by atoms with E-state index in [1.54, 1.807) is 0 Å². The summed E-state index contributed by atoms with van der Waals surface area (Å²) < 4.78 is 0. The molecule has 0 aliphatic carbocycles. The number of H-pyrrole nitrogens is 1. The minimum absolute atomic E-state index is 0.265. The topological polar surface area (TPSA) is 62.0 Å². The number of aromatic nitrogens is 1. The van der Waals surface area contributed by atoms with Crippen molar-refractivity contribution in [2.45, 2.75) is 6.92 Å². The van der Waals surface area contributed by atoms with Gasteiger partial charge in [0.15, 0.2) is 0 Å². The zero-order chi connectivity index (χ0) is 10.8. The Hall–Kier alpha value is -2.10. The monoisotopic (exact) mass is 202 g/mol. The predicted octanol–water partition coefficient (Wildman–Crippen LogP) is 1.61. The second-order valence-corrected chi connectivity index (χ2v) is 3.28. The fraction of sp³-hybridized carbons (Fsp3) is 0.0909. The van der Waals surface area contributed by atoms with E-state index in [-0.39, 0.29) is 6.29 Å². The third kappa shape index (κ3) is 1.61. The fourth-order valence-electron chi connectivity index (χ4n) is 1.59. The Kier molecular flexibility index (Phi) is 2.25. The third-order valence-electron chi connectivity index (χ3n) is 2.25. The van der Waals surface area contributed by atoms with Crippen LogP contribution in [0, 0.1) is 6.92 Å². The van der Waals surface area contributed by atoms with Crippen LogP contribution in [0.15, 0.2) is 24.3 Å². The molecule has 0 saturated heterocycles. The first kappa shape index (κ1) is 9.45. The summed E-state index contributed by atoms with van der Waals surface area (Å²) in [6.07, 6.45) is 0.265. The Labute approximate surface area is 86.3 Å². The van der Waals surface area contributed by atoms with E-state index < -0.39 is 5.91 Å². The van der Waals surface area contributed by atoms with Crippen LogP contribution >= 0.6 is 0 Å². The van der Waals surface area contributed by atoms with Gasteiger partial charge in [-0.2, -0.15) is 0 Å². The zero-order valence-corrected chi connectivity index (χ0v) is 8.20. The number of hydrogen-bond donors (Lipinski definition) is 2. The second kappa shape index (κ2) is 3.57. The number of anilines is 1. The molecule has 0 saturated carbocycles. The lowest BCUT2D eigenvalue weighted by Gasteiger charge is -1.99. The van der Waals surface area contributed by atoms with Crippen molar-refractivity contribution < 1.29 is 9.59 Å². The van der Waals surface area contributed by atoms with Gasteiger partial charge in [0, 0.05) is 16.6 Å². The number of aldehydes is 1. The number of para-hydroxylation sites is 1. The van der Waals surface area contributed by atoms with Crippen molar-refractivity contribution in [2.75, 3.05) is 5.32 Å². The molecule has 1 aromatic carbocycles. The zero-order valence-electron chi connectivity index (χ0n) is 8.20. The van der Waals surface area contributed by atoms with Gasteiger partial charge in [-0.1, -0.05) is 18.2 Å². The van der Waals surface area contributed by atoms with Gasteiger partial charge < -0.3 is 10.3 Å². The molecule has 0 atom stereocenters. The Morgan fingerprint density at radius 2 is 2.13 bits per heavy atom. The first-order chi connectivity index (χ1) is 7.22. The molecule has 2 rings (SSSR count). The summed E-state index contributed by atoms with van der Waals surface area (Å²) in [5, 5.41) is 3.45. The van der Waals surface area contributed by atoms with E-state index in [0.717, 1.165) is 16.6 Å². The molecule has 0 aliphatic rings. The number of hydrogen-bond acceptors (Lipinski definition) is 2. The maximum Gasteiger partial charge on any atom is 0.288 e. The average molecular weight is 202 g/mol. The molecular weight excluding hydrogens is 192 g/mol. The van der Waals surface area contributed by atoms with E-state index in [1.165, 1.54) is 0 Å². The quantitative estimate of drug-likeness (QED) is 0.574. The summed E-state index contributed by atoms with van der Waals surface area (Å²) in [5.74, 6) is -0.636. The number of carbonyl (C=O) groups is 2. The summed E-state index contributed by atoms with van der Waals surface area (Å²) in [5.41, 5.74) is 2.45. The van der Waals surface area contributed by atoms with Crippen molar-refractivity contribution >= 4 is 28.8 Å². The van der Waals surface area contributed by atoms with Gasteiger partial charge >= 0.3 is 0 Å². The normalized spacial score (nSPS) is 10.2. The lowest BCUT2D eigenvalue weighted by atomic mass is 10.2. The number of aromatic amines is 1. The van der Waals surface area contributed by atoms with Crippen molar-refractivity contribution in [3.8, 4) is 0 Å². The number of carbonyl (C=O) groups excluding carboxylic acids is 2. The minimum atomic E-state index is -0.636. The van der Waals surface area contributed by atoms with Crippen molar-refractivity contribution in [3.63, 3.8) is 0 Å². The number of nitrogens with one attached hydrogen (secondary N) is 2. The number of fused-ring (bicyclic) bond motifs is 1. The number of benzene rings is 1. The standard InChI is InChI=1S/C11H10N2O2/c1-7-11(13-10(15)6-14)8-4-2-3-5-9(8)12-7/h2-6,12H,1H3,(H,13,15). The molecule has 0 unspecified atom stereocenters. The van der Waals surface area contributed by atoms with Gasteiger partial charge in [-0.25, -0.2) is 0 Å². The molecule has 76 valence electrons. The van der Waals surface area contributed by atoms with Gasteiger partial charge in [-0.15, -0.1) is 0 Å². The molecule has 1 heterocycles. The molecule has 0 aliphatic heterocycles. The Morgan fingerprint density at radius 1 is 1.40 bits per heavy atom. The molecule has 15 heavy (non-hydrogen) atoms. The van der Waals surface area contributed by atoms with Crippen LogP contribution in [0.5, 0.6) is 0 Å². The molecule has 1 aromatic heterocycles. The van der Waals surface area contributed by atoms with Crippen LogP contribution in [0.2, 0.25) is 0 Å². The highest BCUT2D eigenvalue weighted by molar-refractivity contribution is 6.30. The van der Waals surface area contributed by atoms with Gasteiger partial charge in [0.2, 0.25) is 6.29 Å². The maximum absolute atomic E-state index is 11.0. The first-order valence-electron chi connectivity index (χ1n) is 4.56. The molecular formula is C11H10N2O2. The van der Waals surface area contributed by atoms with Gasteiger partial charge in [0.25, 0.3) is 5.91 Å². The fourth-order valence-corrected chi connectivity index (χ4v) is 1.59. The predicted molar refractivity (Wildman–Crippen MR) is 57.7 cm³/mol. The summed E-state index contributed by atoms with van der Waals surface area (Å²) in [6.45, 7) is 1.85. The molecule has 0 bridgehead atoms. The van der Waals surface area contributed by atoms with Gasteiger partial charge in [0.1, 0.15) is 0 Å². The summed E-state index contributed by atoms with van der Waals surface area (Å²) in [6, 6.07) is 7.59.